The number of ether oxygens (including phenoxy) is 1. The van der Waals surface area contributed by atoms with Gasteiger partial charge in [-0.2, -0.15) is 5.10 Å². The molecular weight excluding hydrogens is 660 g/mol. The molecule has 0 spiro atoms. The van der Waals surface area contributed by atoms with Gasteiger partial charge in [-0.05, 0) is 97.4 Å². The Hall–Kier alpha value is -3.06. The predicted molar refractivity (Wildman–Crippen MR) is 148 cm³/mol. The molecule has 0 aromatic heterocycles. The molecule has 0 fully saturated rings. The van der Waals surface area contributed by atoms with Crippen molar-refractivity contribution in [2.75, 3.05) is 0 Å². The van der Waals surface area contributed by atoms with Crippen molar-refractivity contribution in [1.29, 1.82) is 0 Å². The summed E-state index contributed by atoms with van der Waals surface area (Å²) in [5.74, 6) is 0.442. The van der Waals surface area contributed by atoms with E-state index in [-0.39, 0.29) is 11.6 Å². The molecule has 170 valence electrons. The molecule has 4 aromatic carbocycles. The smallest absolute Gasteiger partial charge is 0.271 e. The molecule has 9 heteroatoms. The van der Waals surface area contributed by atoms with Crippen molar-refractivity contribution in [3.8, 4) is 5.75 Å². The van der Waals surface area contributed by atoms with Crippen LogP contribution in [-0.4, -0.2) is 17.0 Å². The van der Waals surface area contributed by atoms with Gasteiger partial charge in [0.05, 0.1) is 18.3 Å². The Balaban J connectivity index is 1.42. The van der Waals surface area contributed by atoms with Gasteiger partial charge in [-0.15, -0.1) is 0 Å². The maximum Gasteiger partial charge on any atom is 0.271 e. The van der Waals surface area contributed by atoms with Crippen LogP contribution < -0.4 is 10.2 Å². The summed E-state index contributed by atoms with van der Waals surface area (Å²) in [5, 5.41) is 16.8. The van der Waals surface area contributed by atoms with E-state index in [1.165, 1.54) is 12.1 Å². The molecular formula is C25H17I2N3O4. The molecule has 0 aliphatic heterocycles. The minimum atomic E-state index is -0.429. The summed E-state index contributed by atoms with van der Waals surface area (Å²) in [4.78, 5) is 23.0. The Morgan fingerprint density at radius 3 is 2.38 bits per heavy atom. The van der Waals surface area contributed by atoms with Gasteiger partial charge in [-0.25, -0.2) is 5.43 Å². The van der Waals surface area contributed by atoms with Crippen LogP contribution in [-0.2, 0) is 6.61 Å². The molecule has 0 unspecified atom stereocenters. The van der Waals surface area contributed by atoms with E-state index in [1.54, 1.807) is 24.4 Å². The fourth-order valence-corrected chi connectivity index (χ4v) is 5.44. The number of halogens is 2. The van der Waals surface area contributed by atoms with Crippen LogP contribution in [0.15, 0.2) is 84.0 Å². The molecule has 1 amide bonds. The molecule has 1 N–H and O–H groups in total. The van der Waals surface area contributed by atoms with E-state index < -0.39 is 4.92 Å². The largest absolute Gasteiger partial charge is 0.487 e. The van der Waals surface area contributed by atoms with Crippen LogP contribution >= 0.6 is 45.2 Å². The van der Waals surface area contributed by atoms with Crippen molar-refractivity contribution in [2.45, 2.75) is 6.61 Å². The molecule has 4 aromatic rings. The SMILES string of the molecule is O=C(N/N=C/c1cc(I)c(OCc2ccc([N+](=O)[O-])cc2)c(I)c1)c1cccc2ccccc12. The molecule has 7 nitrogen and oxygen atoms in total. The van der Waals surface area contributed by atoms with Crippen molar-refractivity contribution >= 4 is 73.8 Å². The lowest BCUT2D eigenvalue weighted by Gasteiger charge is -2.11. The first-order chi connectivity index (χ1) is 16.4. The van der Waals surface area contributed by atoms with Crippen LogP contribution in [0.2, 0.25) is 0 Å². The van der Waals surface area contributed by atoms with E-state index in [4.69, 9.17) is 4.74 Å². The zero-order valence-electron chi connectivity index (χ0n) is 17.6. The number of benzene rings is 4. The topological polar surface area (TPSA) is 93.8 Å². The lowest BCUT2D eigenvalue weighted by molar-refractivity contribution is -0.384. The highest BCUT2D eigenvalue weighted by Crippen LogP contribution is 2.29. The number of fused-ring (bicyclic) bond motifs is 1. The number of carbonyl (C=O) groups excluding carboxylic acids is 1. The summed E-state index contributed by atoms with van der Waals surface area (Å²) in [5.41, 5.74) is 4.86. The Labute approximate surface area is 222 Å². The van der Waals surface area contributed by atoms with Gasteiger partial charge in [-0.3, -0.25) is 14.9 Å². The number of non-ortho nitro benzene ring substituents is 1. The number of rotatable bonds is 7. The van der Waals surface area contributed by atoms with Crippen molar-refractivity contribution in [2.24, 2.45) is 5.10 Å². The molecule has 0 radical (unpaired) electrons. The highest BCUT2D eigenvalue weighted by atomic mass is 127. The number of nitro benzene ring substituents is 1. The van der Waals surface area contributed by atoms with Crippen LogP contribution in [0, 0.1) is 17.3 Å². The van der Waals surface area contributed by atoms with Crippen molar-refractivity contribution in [3.05, 3.63) is 113 Å². The van der Waals surface area contributed by atoms with Crippen molar-refractivity contribution in [1.82, 2.24) is 5.43 Å². The number of hydrazone groups is 1. The van der Waals surface area contributed by atoms with Crippen LogP contribution in [0.4, 0.5) is 5.69 Å². The number of carbonyl (C=O) groups is 1. The normalized spacial score (nSPS) is 11.0. The average Bonchev–Trinajstić information content (AvgIpc) is 2.83. The van der Waals surface area contributed by atoms with Gasteiger partial charge in [0.1, 0.15) is 12.4 Å². The maximum absolute atomic E-state index is 12.6. The summed E-state index contributed by atoms with van der Waals surface area (Å²) >= 11 is 4.37. The first-order valence-corrected chi connectivity index (χ1v) is 12.2. The zero-order chi connectivity index (χ0) is 24.1. The van der Waals surface area contributed by atoms with E-state index in [1.807, 2.05) is 48.5 Å². The first kappa shape index (κ1) is 24.1. The van der Waals surface area contributed by atoms with Crippen LogP contribution in [0.5, 0.6) is 5.75 Å². The van der Waals surface area contributed by atoms with Gasteiger partial charge >= 0.3 is 0 Å². The molecule has 0 atom stereocenters. The van der Waals surface area contributed by atoms with E-state index >= 15 is 0 Å². The third kappa shape index (κ3) is 5.70. The van der Waals surface area contributed by atoms with Gasteiger partial charge in [0.2, 0.25) is 0 Å². The van der Waals surface area contributed by atoms with Gasteiger partial charge in [0.25, 0.3) is 11.6 Å². The van der Waals surface area contributed by atoms with Gasteiger partial charge in [0, 0.05) is 17.7 Å². The lowest BCUT2D eigenvalue weighted by Crippen LogP contribution is -2.18. The molecule has 4 rings (SSSR count). The quantitative estimate of drug-likeness (QED) is 0.108. The van der Waals surface area contributed by atoms with Gasteiger partial charge in [-0.1, -0.05) is 36.4 Å². The van der Waals surface area contributed by atoms with E-state index in [2.05, 4.69) is 55.7 Å². The molecule has 0 aliphatic rings. The monoisotopic (exact) mass is 677 g/mol. The Morgan fingerprint density at radius 2 is 1.68 bits per heavy atom. The summed E-state index contributed by atoms with van der Waals surface area (Å²) in [6.07, 6.45) is 1.59. The Morgan fingerprint density at radius 1 is 1.00 bits per heavy atom. The van der Waals surface area contributed by atoms with Crippen LogP contribution in [0.3, 0.4) is 0 Å². The number of nitro groups is 1. The zero-order valence-corrected chi connectivity index (χ0v) is 21.9. The summed E-state index contributed by atoms with van der Waals surface area (Å²) in [7, 11) is 0. The van der Waals surface area contributed by atoms with Gasteiger partial charge in [0.15, 0.2) is 0 Å². The number of nitrogens with zero attached hydrogens (tertiary/aromatic N) is 2. The van der Waals surface area contributed by atoms with Crippen molar-refractivity contribution in [3.63, 3.8) is 0 Å². The Kier molecular flexibility index (Phi) is 7.73. The summed E-state index contributed by atoms with van der Waals surface area (Å²) < 4.78 is 7.72. The lowest BCUT2D eigenvalue weighted by atomic mass is 10.0. The molecule has 0 aliphatic carbocycles. The molecule has 0 bridgehead atoms. The van der Waals surface area contributed by atoms with E-state index in [0.29, 0.717) is 12.2 Å². The number of amides is 1. The van der Waals surface area contributed by atoms with Crippen LogP contribution in [0.1, 0.15) is 21.5 Å². The third-order valence-corrected chi connectivity index (χ3v) is 6.57. The third-order valence-electron chi connectivity index (χ3n) is 4.96. The second-order valence-electron chi connectivity index (χ2n) is 7.25. The highest BCUT2D eigenvalue weighted by Gasteiger charge is 2.11. The summed E-state index contributed by atoms with van der Waals surface area (Å²) in [6, 6.07) is 23.4. The van der Waals surface area contributed by atoms with E-state index in [9.17, 15) is 14.9 Å². The number of nitrogens with one attached hydrogen (secondary N) is 1. The minimum absolute atomic E-state index is 0.0455. The standard InChI is InChI=1S/C25H17I2N3O4/c26-22-12-17(13-23(27)24(22)34-15-16-8-10-19(11-9-16)30(32)33)14-28-29-25(31)21-7-3-5-18-4-1-2-6-20(18)21/h1-14H,15H2,(H,29,31)/b28-14+. The van der Waals surface area contributed by atoms with Crippen LogP contribution in [0.25, 0.3) is 10.8 Å². The molecule has 0 heterocycles. The first-order valence-electron chi connectivity index (χ1n) is 10.1. The fraction of sp³-hybridized carbons (Fsp3) is 0.0400. The average molecular weight is 677 g/mol. The van der Waals surface area contributed by atoms with Crippen molar-refractivity contribution < 1.29 is 14.5 Å². The molecule has 0 saturated heterocycles. The molecule has 34 heavy (non-hydrogen) atoms. The second-order valence-corrected chi connectivity index (χ2v) is 9.58. The highest BCUT2D eigenvalue weighted by molar-refractivity contribution is 14.1. The predicted octanol–water partition coefficient (Wildman–Crippen LogP) is 6.30. The summed E-state index contributed by atoms with van der Waals surface area (Å²) in [6.45, 7) is 0.290. The second kappa shape index (κ2) is 10.9. The maximum atomic E-state index is 12.6. The fourth-order valence-electron chi connectivity index (χ4n) is 3.31. The Bertz CT molecular complexity index is 1380. The number of hydrogen-bond acceptors (Lipinski definition) is 5. The van der Waals surface area contributed by atoms with E-state index in [0.717, 1.165) is 34.8 Å². The van der Waals surface area contributed by atoms with Gasteiger partial charge < -0.3 is 4.74 Å². The minimum Gasteiger partial charge on any atom is -0.487 e. The molecule has 0 saturated carbocycles. The number of hydrogen-bond donors (Lipinski definition) is 1.